The fraction of sp³-hybridized carbons (Fsp3) is 0.231. The summed E-state index contributed by atoms with van der Waals surface area (Å²) < 4.78 is 39.3. The molecule has 2 rings (SSSR count). The summed E-state index contributed by atoms with van der Waals surface area (Å²) in [5.41, 5.74) is 6.86. The van der Waals surface area contributed by atoms with Crippen LogP contribution in [0.25, 0.3) is 11.4 Å². The topological polar surface area (TPSA) is 51.8 Å². The van der Waals surface area contributed by atoms with Crippen LogP contribution in [-0.2, 0) is 6.42 Å². The second kappa shape index (κ2) is 5.36. The molecule has 0 aliphatic rings. The predicted molar refractivity (Wildman–Crippen MR) is 64.8 cm³/mol. The van der Waals surface area contributed by atoms with Crippen molar-refractivity contribution in [1.29, 1.82) is 0 Å². The van der Waals surface area contributed by atoms with E-state index < -0.39 is 17.5 Å². The van der Waals surface area contributed by atoms with Gasteiger partial charge in [0.2, 0.25) is 0 Å². The van der Waals surface area contributed by atoms with Crippen molar-refractivity contribution >= 4 is 0 Å². The lowest BCUT2D eigenvalue weighted by Gasteiger charge is -2.06. The highest BCUT2D eigenvalue weighted by Crippen LogP contribution is 2.21. The molecule has 0 saturated heterocycles. The van der Waals surface area contributed by atoms with Gasteiger partial charge in [-0.25, -0.2) is 23.1 Å². The number of hydrogen-bond acceptors (Lipinski definition) is 3. The second-order valence-electron chi connectivity index (χ2n) is 4.12. The minimum absolute atomic E-state index is 0.0957. The lowest BCUT2D eigenvalue weighted by atomic mass is 10.1. The average Bonchev–Trinajstić information content (AvgIpc) is 2.35. The Hall–Kier alpha value is -1.95. The zero-order valence-corrected chi connectivity index (χ0v) is 10.3. The summed E-state index contributed by atoms with van der Waals surface area (Å²) in [6, 6.07) is 3.49. The van der Waals surface area contributed by atoms with Crippen molar-refractivity contribution in [2.24, 2.45) is 5.73 Å². The van der Waals surface area contributed by atoms with Crippen molar-refractivity contribution in [1.82, 2.24) is 9.97 Å². The average molecular weight is 267 g/mol. The molecular formula is C13H12F3N3. The molecule has 0 atom stereocenters. The van der Waals surface area contributed by atoms with Crippen LogP contribution in [0.3, 0.4) is 0 Å². The number of nitrogens with zero attached hydrogens (tertiary/aromatic N) is 2. The van der Waals surface area contributed by atoms with E-state index >= 15 is 0 Å². The summed E-state index contributed by atoms with van der Waals surface area (Å²) in [4.78, 5) is 8.25. The van der Waals surface area contributed by atoms with Gasteiger partial charge in [0.1, 0.15) is 0 Å². The van der Waals surface area contributed by atoms with Crippen LogP contribution >= 0.6 is 0 Å². The molecule has 2 aromatic rings. The van der Waals surface area contributed by atoms with Gasteiger partial charge in [-0.15, -0.1) is 0 Å². The van der Waals surface area contributed by atoms with Crippen LogP contribution in [0.2, 0.25) is 0 Å². The van der Waals surface area contributed by atoms with Crippen LogP contribution in [0, 0.1) is 24.4 Å². The van der Waals surface area contributed by atoms with E-state index in [9.17, 15) is 13.2 Å². The third-order valence-corrected chi connectivity index (χ3v) is 2.55. The van der Waals surface area contributed by atoms with E-state index in [-0.39, 0.29) is 11.4 Å². The van der Waals surface area contributed by atoms with Gasteiger partial charge in [-0.05, 0) is 31.7 Å². The Bertz CT molecular complexity index is 591. The number of aryl methyl sites for hydroxylation is 1. The largest absolute Gasteiger partial charge is 0.330 e. The third-order valence-electron chi connectivity index (χ3n) is 2.55. The lowest BCUT2D eigenvalue weighted by molar-refractivity contribution is 0.447. The first kappa shape index (κ1) is 13.5. The first-order valence-electron chi connectivity index (χ1n) is 5.71. The zero-order valence-electron chi connectivity index (χ0n) is 10.3. The molecular weight excluding hydrogens is 255 g/mol. The van der Waals surface area contributed by atoms with Crippen molar-refractivity contribution in [3.63, 3.8) is 0 Å². The zero-order chi connectivity index (χ0) is 14.0. The molecule has 0 radical (unpaired) electrons. The molecule has 0 amide bonds. The van der Waals surface area contributed by atoms with Gasteiger partial charge in [0.15, 0.2) is 23.3 Å². The molecule has 19 heavy (non-hydrogen) atoms. The number of nitrogens with two attached hydrogens (primary N) is 1. The molecule has 0 unspecified atom stereocenters. The molecule has 3 nitrogen and oxygen atoms in total. The highest BCUT2D eigenvalue weighted by Gasteiger charge is 2.13. The molecule has 6 heteroatoms. The van der Waals surface area contributed by atoms with Gasteiger partial charge in [-0.1, -0.05) is 0 Å². The first-order chi connectivity index (χ1) is 9.01. The van der Waals surface area contributed by atoms with E-state index in [1.165, 1.54) is 0 Å². The second-order valence-corrected chi connectivity index (χ2v) is 4.12. The standard InChI is InChI=1S/C13H12F3N3/c1-7-4-9(2-3-17)19-13(18-7)8-5-10(14)12(16)11(15)6-8/h4-6H,2-3,17H2,1H3. The first-order valence-corrected chi connectivity index (χ1v) is 5.71. The van der Waals surface area contributed by atoms with E-state index in [4.69, 9.17) is 5.73 Å². The van der Waals surface area contributed by atoms with Gasteiger partial charge in [-0.3, -0.25) is 0 Å². The number of benzene rings is 1. The quantitative estimate of drug-likeness (QED) is 0.869. The smallest absolute Gasteiger partial charge is 0.194 e. The Kier molecular flexibility index (Phi) is 3.80. The summed E-state index contributed by atoms with van der Waals surface area (Å²) in [5.74, 6) is -3.87. The number of rotatable bonds is 3. The maximum atomic E-state index is 13.2. The number of aromatic nitrogens is 2. The van der Waals surface area contributed by atoms with Crippen LogP contribution in [0.5, 0.6) is 0 Å². The van der Waals surface area contributed by atoms with Crippen LogP contribution in [-0.4, -0.2) is 16.5 Å². The molecule has 0 fully saturated rings. The van der Waals surface area contributed by atoms with Crippen molar-refractivity contribution in [3.05, 3.63) is 47.0 Å². The molecule has 0 bridgehead atoms. The van der Waals surface area contributed by atoms with Crippen LogP contribution in [0.4, 0.5) is 13.2 Å². The maximum absolute atomic E-state index is 13.2. The highest BCUT2D eigenvalue weighted by molar-refractivity contribution is 5.55. The molecule has 1 aromatic carbocycles. The van der Waals surface area contributed by atoms with E-state index in [1.807, 2.05) is 0 Å². The monoisotopic (exact) mass is 267 g/mol. The highest BCUT2D eigenvalue weighted by atomic mass is 19.2. The van der Waals surface area contributed by atoms with Crippen molar-refractivity contribution < 1.29 is 13.2 Å². The van der Waals surface area contributed by atoms with E-state index in [0.717, 1.165) is 12.1 Å². The lowest BCUT2D eigenvalue weighted by Crippen LogP contribution is -2.06. The van der Waals surface area contributed by atoms with Crippen molar-refractivity contribution in [2.75, 3.05) is 6.54 Å². The summed E-state index contributed by atoms with van der Waals surface area (Å²) in [7, 11) is 0. The molecule has 1 aromatic heterocycles. The Labute approximate surface area is 108 Å². The van der Waals surface area contributed by atoms with E-state index in [1.54, 1.807) is 13.0 Å². The van der Waals surface area contributed by atoms with Gasteiger partial charge in [0.05, 0.1) is 0 Å². The van der Waals surface area contributed by atoms with E-state index in [0.29, 0.717) is 24.4 Å². The van der Waals surface area contributed by atoms with Gasteiger partial charge in [-0.2, -0.15) is 0 Å². The molecule has 2 N–H and O–H groups in total. The van der Waals surface area contributed by atoms with Crippen LogP contribution in [0.1, 0.15) is 11.4 Å². The normalized spacial score (nSPS) is 10.8. The molecule has 0 aliphatic heterocycles. The maximum Gasteiger partial charge on any atom is 0.194 e. The van der Waals surface area contributed by atoms with Crippen LogP contribution < -0.4 is 5.73 Å². The minimum Gasteiger partial charge on any atom is -0.330 e. The number of halogens is 3. The van der Waals surface area contributed by atoms with E-state index in [2.05, 4.69) is 9.97 Å². The van der Waals surface area contributed by atoms with Crippen LogP contribution in [0.15, 0.2) is 18.2 Å². The van der Waals surface area contributed by atoms with Crippen molar-refractivity contribution in [2.45, 2.75) is 13.3 Å². The van der Waals surface area contributed by atoms with Gasteiger partial charge in [0.25, 0.3) is 0 Å². The summed E-state index contributed by atoms with van der Waals surface area (Å²) in [6.07, 6.45) is 0.530. The Morgan fingerprint density at radius 1 is 1.05 bits per heavy atom. The molecule has 100 valence electrons. The Morgan fingerprint density at radius 3 is 2.26 bits per heavy atom. The fourth-order valence-electron chi connectivity index (χ4n) is 1.72. The Balaban J connectivity index is 2.52. The summed E-state index contributed by atoms with van der Waals surface area (Å²) >= 11 is 0. The van der Waals surface area contributed by atoms with Gasteiger partial charge in [0, 0.05) is 23.4 Å². The summed E-state index contributed by atoms with van der Waals surface area (Å²) in [5, 5.41) is 0. The summed E-state index contributed by atoms with van der Waals surface area (Å²) in [6.45, 7) is 2.14. The molecule has 1 heterocycles. The molecule has 0 spiro atoms. The molecule has 0 aliphatic carbocycles. The SMILES string of the molecule is Cc1cc(CCN)nc(-c2cc(F)c(F)c(F)c2)n1. The fourth-order valence-corrected chi connectivity index (χ4v) is 1.72. The van der Waals surface area contributed by atoms with Gasteiger partial charge < -0.3 is 5.73 Å². The minimum atomic E-state index is -1.50. The Morgan fingerprint density at radius 2 is 1.68 bits per heavy atom. The predicted octanol–water partition coefficient (Wildman–Crippen LogP) is 2.37. The van der Waals surface area contributed by atoms with Gasteiger partial charge >= 0.3 is 0 Å². The third kappa shape index (κ3) is 2.90. The number of hydrogen-bond donors (Lipinski definition) is 1. The van der Waals surface area contributed by atoms with Crippen molar-refractivity contribution in [3.8, 4) is 11.4 Å². The molecule has 0 saturated carbocycles.